The molecule has 6 nitrogen and oxygen atoms in total. The zero-order chi connectivity index (χ0) is 16.7. The van der Waals surface area contributed by atoms with Crippen molar-refractivity contribution in [2.24, 2.45) is 4.99 Å². The molecule has 0 saturated carbocycles. The van der Waals surface area contributed by atoms with E-state index in [-0.39, 0.29) is 19.4 Å². The Kier molecular flexibility index (Phi) is 6.46. The first-order chi connectivity index (χ1) is 11.1. The van der Waals surface area contributed by atoms with E-state index in [1.54, 1.807) is 5.94 Å². The summed E-state index contributed by atoms with van der Waals surface area (Å²) in [6.45, 7) is 0.210. The molecular formula is C15H13NO5S2. The van der Waals surface area contributed by atoms with Crippen LogP contribution in [0.5, 0.6) is 0 Å². The summed E-state index contributed by atoms with van der Waals surface area (Å²) in [6.07, 6.45) is 0.213. The Balaban J connectivity index is 1.81. The van der Waals surface area contributed by atoms with E-state index in [0.717, 1.165) is 16.2 Å². The van der Waals surface area contributed by atoms with Crippen LogP contribution in [0.25, 0.3) is 0 Å². The van der Waals surface area contributed by atoms with Gasteiger partial charge in [0, 0.05) is 12.0 Å². The maximum absolute atomic E-state index is 11.3. The summed E-state index contributed by atoms with van der Waals surface area (Å²) < 4.78 is 4.98. The van der Waals surface area contributed by atoms with Crippen LogP contribution >= 0.6 is 21.6 Å². The number of carboxylic acid groups (broad SMARTS) is 1. The molecule has 1 heterocycles. The van der Waals surface area contributed by atoms with Crippen LogP contribution in [0.1, 0.15) is 24.0 Å². The second kappa shape index (κ2) is 8.57. The zero-order valence-corrected chi connectivity index (χ0v) is 13.6. The Labute approximate surface area is 140 Å². The van der Waals surface area contributed by atoms with Crippen LogP contribution in [-0.4, -0.2) is 34.6 Å². The van der Waals surface area contributed by atoms with Crippen LogP contribution in [0.4, 0.5) is 0 Å². The van der Waals surface area contributed by atoms with E-state index < -0.39 is 11.9 Å². The zero-order valence-electron chi connectivity index (χ0n) is 12.0. The number of ether oxygens (including phenoxy) is 1. The third-order valence-electron chi connectivity index (χ3n) is 2.89. The van der Waals surface area contributed by atoms with Crippen molar-refractivity contribution in [1.29, 1.82) is 0 Å². The van der Waals surface area contributed by atoms with Gasteiger partial charge in [0.05, 0.1) is 19.4 Å². The minimum Gasteiger partial charge on any atom is -0.481 e. The highest BCUT2D eigenvalue weighted by Gasteiger charge is 2.15. The molecule has 0 bridgehead atoms. The molecule has 0 radical (unpaired) electrons. The Morgan fingerprint density at radius 3 is 2.52 bits per heavy atom. The van der Waals surface area contributed by atoms with Crippen LogP contribution in [0.15, 0.2) is 34.3 Å². The fraction of sp³-hybridized carbons (Fsp3) is 0.267. The molecule has 1 N–H and O–H groups in total. The lowest BCUT2D eigenvalue weighted by molar-refractivity contribution is -0.147. The summed E-state index contributed by atoms with van der Waals surface area (Å²) in [5.74, 6) is 0.241. The van der Waals surface area contributed by atoms with Crippen molar-refractivity contribution in [2.45, 2.75) is 19.3 Å². The number of carbonyl (C=O) groups is 2. The van der Waals surface area contributed by atoms with Gasteiger partial charge >= 0.3 is 11.9 Å². The van der Waals surface area contributed by atoms with Crippen molar-refractivity contribution < 1.29 is 24.2 Å². The van der Waals surface area contributed by atoms with Crippen molar-refractivity contribution in [3.05, 3.63) is 40.4 Å². The summed E-state index contributed by atoms with van der Waals surface area (Å²) in [6, 6.07) is 7.58. The molecule has 23 heavy (non-hydrogen) atoms. The van der Waals surface area contributed by atoms with E-state index in [2.05, 4.69) is 4.99 Å². The largest absolute Gasteiger partial charge is 0.481 e. The SMILES string of the molecule is O=C=C1N=C(c2ccc(CCOC(=O)CCC(=O)O)cc2)SS1. The summed E-state index contributed by atoms with van der Waals surface area (Å²) in [7, 11) is 2.69. The highest BCUT2D eigenvalue weighted by Crippen LogP contribution is 2.39. The molecular weight excluding hydrogens is 338 g/mol. The molecule has 0 aromatic heterocycles. The third-order valence-corrected chi connectivity index (χ3v) is 4.99. The van der Waals surface area contributed by atoms with Gasteiger partial charge in [-0.05, 0) is 27.2 Å². The molecule has 1 aromatic carbocycles. The Hall–Kier alpha value is -2.02. The molecule has 0 aliphatic carbocycles. The maximum atomic E-state index is 11.3. The van der Waals surface area contributed by atoms with Gasteiger partial charge < -0.3 is 9.84 Å². The van der Waals surface area contributed by atoms with Crippen LogP contribution in [0, 0.1) is 0 Å². The first-order valence-electron chi connectivity index (χ1n) is 6.73. The third kappa shape index (κ3) is 5.59. The lowest BCUT2D eigenvalue weighted by atomic mass is 10.1. The summed E-state index contributed by atoms with van der Waals surface area (Å²) in [5, 5.41) is 9.57. The van der Waals surface area contributed by atoms with Gasteiger partial charge in [0.25, 0.3) is 0 Å². The summed E-state index contributed by atoms with van der Waals surface area (Å²) in [5.41, 5.74) is 1.90. The molecule has 0 atom stereocenters. The molecule has 1 aliphatic rings. The van der Waals surface area contributed by atoms with Crippen molar-refractivity contribution in [3.63, 3.8) is 0 Å². The normalized spacial score (nSPS) is 13.4. The topological polar surface area (TPSA) is 93.0 Å². The minimum absolute atomic E-state index is 0.116. The van der Waals surface area contributed by atoms with Gasteiger partial charge in [-0.1, -0.05) is 24.3 Å². The molecule has 1 aliphatic heterocycles. The average molecular weight is 351 g/mol. The first kappa shape index (κ1) is 17.3. The molecule has 0 fully saturated rings. The number of hydrogen-bond acceptors (Lipinski definition) is 7. The molecule has 120 valence electrons. The van der Waals surface area contributed by atoms with Gasteiger partial charge in [-0.15, -0.1) is 0 Å². The van der Waals surface area contributed by atoms with Crippen molar-refractivity contribution in [3.8, 4) is 0 Å². The molecule has 0 saturated heterocycles. The van der Waals surface area contributed by atoms with Gasteiger partial charge in [-0.3, -0.25) is 9.59 Å². The van der Waals surface area contributed by atoms with Gasteiger partial charge in [0.15, 0.2) is 11.0 Å². The minimum atomic E-state index is -1.02. The van der Waals surface area contributed by atoms with Crippen LogP contribution in [0.3, 0.4) is 0 Å². The Morgan fingerprint density at radius 2 is 1.91 bits per heavy atom. The number of carboxylic acids is 1. The van der Waals surface area contributed by atoms with Gasteiger partial charge in [-0.2, -0.15) is 0 Å². The van der Waals surface area contributed by atoms with E-state index in [1.807, 2.05) is 24.3 Å². The van der Waals surface area contributed by atoms with Crippen molar-refractivity contribution in [1.82, 2.24) is 0 Å². The second-order valence-electron chi connectivity index (χ2n) is 4.55. The standard InChI is InChI=1S/C15H13NO5S2/c17-9-12-16-15(23-22-12)11-3-1-10(2-4-11)7-8-21-14(20)6-5-13(18)19/h1-4H,5-8H2,(H,18,19). The second-order valence-corrected chi connectivity index (χ2v) is 6.66. The highest BCUT2D eigenvalue weighted by atomic mass is 33.1. The Bertz CT molecular complexity index is 678. The van der Waals surface area contributed by atoms with E-state index in [0.29, 0.717) is 11.4 Å². The molecule has 1 aromatic rings. The maximum Gasteiger partial charge on any atom is 0.306 e. The summed E-state index contributed by atoms with van der Waals surface area (Å²) in [4.78, 5) is 36.3. The Morgan fingerprint density at radius 1 is 1.17 bits per heavy atom. The number of hydrogen-bond donors (Lipinski definition) is 1. The van der Waals surface area contributed by atoms with Gasteiger partial charge in [0.2, 0.25) is 0 Å². The molecule has 8 heteroatoms. The molecule has 0 unspecified atom stereocenters. The van der Waals surface area contributed by atoms with E-state index >= 15 is 0 Å². The van der Waals surface area contributed by atoms with Crippen LogP contribution < -0.4 is 0 Å². The number of aliphatic carboxylic acids is 1. The predicted octanol–water partition coefficient (Wildman–Crippen LogP) is 2.45. The van der Waals surface area contributed by atoms with E-state index in [4.69, 9.17) is 9.84 Å². The fourth-order valence-corrected chi connectivity index (χ4v) is 3.57. The van der Waals surface area contributed by atoms with Crippen LogP contribution in [0.2, 0.25) is 0 Å². The fourth-order valence-electron chi connectivity index (χ4n) is 1.74. The quantitative estimate of drug-likeness (QED) is 0.458. The van der Waals surface area contributed by atoms with Crippen molar-refractivity contribution >= 4 is 44.5 Å². The number of nitrogens with zero attached hydrogens (tertiary/aromatic N) is 1. The van der Waals surface area contributed by atoms with E-state index in [9.17, 15) is 14.4 Å². The first-order valence-corrected chi connectivity index (χ1v) is 8.88. The molecule has 0 spiro atoms. The summed E-state index contributed by atoms with van der Waals surface area (Å²) >= 11 is 0. The number of benzene rings is 1. The number of aliphatic imine (C=N–C) groups is 1. The number of carbonyl (C=O) groups excluding carboxylic acids is 2. The highest BCUT2D eigenvalue weighted by molar-refractivity contribution is 8.84. The smallest absolute Gasteiger partial charge is 0.306 e. The number of esters is 1. The molecule has 2 rings (SSSR count). The van der Waals surface area contributed by atoms with Gasteiger partial charge in [-0.25, -0.2) is 9.79 Å². The lowest BCUT2D eigenvalue weighted by Crippen LogP contribution is -2.09. The lowest BCUT2D eigenvalue weighted by Gasteiger charge is -2.05. The van der Waals surface area contributed by atoms with E-state index in [1.165, 1.54) is 21.6 Å². The average Bonchev–Trinajstić information content (AvgIpc) is 3.02. The predicted molar refractivity (Wildman–Crippen MR) is 88.9 cm³/mol. The van der Waals surface area contributed by atoms with Crippen molar-refractivity contribution in [2.75, 3.05) is 6.61 Å². The number of rotatable bonds is 7. The van der Waals surface area contributed by atoms with Crippen LogP contribution in [-0.2, 0) is 25.5 Å². The molecule has 0 amide bonds. The monoisotopic (exact) mass is 351 g/mol. The van der Waals surface area contributed by atoms with Gasteiger partial charge in [0.1, 0.15) is 5.04 Å².